The molecule has 12 heteroatoms. The normalized spacial score (nSPS) is 14.6. The first-order valence-electron chi connectivity index (χ1n) is 11.7. The number of anilines is 2. The van der Waals surface area contributed by atoms with Gasteiger partial charge in [-0.15, -0.1) is 0 Å². The van der Waals surface area contributed by atoms with Crippen molar-refractivity contribution in [3.8, 4) is 23.0 Å². The highest BCUT2D eigenvalue weighted by Gasteiger charge is 2.23. The second-order valence-electron chi connectivity index (χ2n) is 8.53. The first kappa shape index (κ1) is 24.2. The molecule has 4 aromatic carbocycles. The average Bonchev–Trinajstić information content (AvgIpc) is 2.93. The Morgan fingerprint density at radius 3 is 1.32 bits per heavy atom. The van der Waals surface area contributed by atoms with Gasteiger partial charge < -0.3 is 18.9 Å². The van der Waals surface area contributed by atoms with E-state index >= 15 is 0 Å². The largest absolute Gasteiger partial charge is 0.486 e. The highest BCUT2D eigenvalue weighted by molar-refractivity contribution is 7.93. The SMILES string of the molecule is O=S(=O)(Nc1ccc(NS(=O)(=O)c2ccc3c(c2)OCCO3)c2ccccc12)c1ccc2c(c1)OCCO2. The summed E-state index contributed by atoms with van der Waals surface area (Å²) in [6.45, 7) is 1.46. The minimum Gasteiger partial charge on any atom is -0.486 e. The number of hydrogen-bond acceptors (Lipinski definition) is 8. The van der Waals surface area contributed by atoms with Crippen LogP contribution in [0.4, 0.5) is 11.4 Å². The van der Waals surface area contributed by atoms with Crippen LogP contribution in [0.15, 0.2) is 82.6 Å². The first-order valence-corrected chi connectivity index (χ1v) is 14.6. The van der Waals surface area contributed by atoms with Gasteiger partial charge in [0.05, 0.1) is 21.2 Å². The van der Waals surface area contributed by atoms with Crippen LogP contribution in [0.5, 0.6) is 23.0 Å². The van der Waals surface area contributed by atoms with Crippen molar-refractivity contribution in [3.63, 3.8) is 0 Å². The Bertz CT molecular complexity index is 1640. The van der Waals surface area contributed by atoms with Crippen molar-refractivity contribution in [1.29, 1.82) is 0 Å². The summed E-state index contributed by atoms with van der Waals surface area (Å²) in [5.74, 6) is 1.67. The van der Waals surface area contributed by atoms with Crippen LogP contribution < -0.4 is 28.4 Å². The zero-order valence-corrected chi connectivity index (χ0v) is 21.5. The lowest BCUT2D eigenvalue weighted by Crippen LogP contribution is -2.18. The maximum Gasteiger partial charge on any atom is 0.262 e. The van der Waals surface area contributed by atoms with Crippen molar-refractivity contribution < 1.29 is 35.8 Å². The molecule has 196 valence electrons. The number of ether oxygens (including phenoxy) is 4. The minimum atomic E-state index is -3.99. The Morgan fingerprint density at radius 2 is 0.895 bits per heavy atom. The van der Waals surface area contributed by atoms with Crippen molar-refractivity contribution >= 4 is 42.2 Å². The topological polar surface area (TPSA) is 129 Å². The quantitative estimate of drug-likeness (QED) is 0.366. The van der Waals surface area contributed by atoms with E-state index in [9.17, 15) is 16.8 Å². The van der Waals surface area contributed by atoms with Crippen molar-refractivity contribution in [2.24, 2.45) is 0 Å². The van der Waals surface area contributed by atoms with E-state index in [-0.39, 0.29) is 21.2 Å². The van der Waals surface area contributed by atoms with E-state index in [4.69, 9.17) is 18.9 Å². The summed E-state index contributed by atoms with van der Waals surface area (Å²) in [5.41, 5.74) is 0.579. The predicted molar refractivity (Wildman–Crippen MR) is 140 cm³/mol. The first-order chi connectivity index (χ1) is 18.3. The van der Waals surface area contributed by atoms with Crippen LogP contribution in [0.1, 0.15) is 0 Å². The number of nitrogens with one attached hydrogen (secondary N) is 2. The van der Waals surface area contributed by atoms with Gasteiger partial charge in [0.15, 0.2) is 23.0 Å². The van der Waals surface area contributed by atoms with Crippen molar-refractivity contribution in [2.45, 2.75) is 9.79 Å². The lowest BCUT2D eigenvalue weighted by Gasteiger charge is -2.20. The van der Waals surface area contributed by atoms with E-state index in [2.05, 4.69) is 9.44 Å². The van der Waals surface area contributed by atoms with Gasteiger partial charge in [-0.25, -0.2) is 16.8 Å². The Morgan fingerprint density at radius 1 is 0.500 bits per heavy atom. The minimum absolute atomic E-state index is 0.00854. The van der Waals surface area contributed by atoms with Crippen LogP contribution in [0, 0.1) is 0 Å². The number of rotatable bonds is 6. The molecular formula is C26H22N2O8S2. The highest BCUT2D eigenvalue weighted by Crippen LogP contribution is 2.37. The average molecular weight is 555 g/mol. The van der Waals surface area contributed by atoms with Crippen LogP contribution in [0.2, 0.25) is 0 Å². The van der Waals surface area contributed by atoms with E-state index in [0.29, 0.717) is 60.2 Å². The summed E-state index contributed by atoms with van der Waals surface area (Å²) >= 11 is 0. The summed E-state index contributed by atoms with van der Waals surface area (Å²) in [7, 11) is -7.98. The van der Waals surface area contributed by atoms with E-state index in [1.807, 2.05) is 0 Å². The molecular weight excluding hydrogens is 532 g/mol. The second-order valence-corrected chi connectivity index (χ2v) is 11.9. The number of sulfonamides is 2. The van der Waals surface area contributed by atoms with Gasteiger partial charge in [-0.2, -0.15) is 0 Å². The monoisotopic (exact) mass is 554 g/mol. The molecule has 0 unspecified atom stereocenters. The molecule has 2 aliphatic rings. The molecule has 0 aliphatic carbocycles. The fourth-order valence-electron chi connectivity index (χ4n) is 4.27. The molecule has 0 atom stereocenters. The van der Waals surface area contributed by atoms with Crippen LogP contribution in [0.25, 0.3) is 10.8 Å². The van der Waals surface area contributed by atoms with Gasteiger partial charge in [-0.05, 0) is 36.4 Å². The standard InChI is InChI=1S/C26H22N2O8S2/c29-37(30,17-5-9-23-25(15-17)35-13-11-33-23)27-21-7-8-22(20-4-2-1-3-19(20)21)28-38(31,32)18-6-10-24-26(16-18)36-14-12-34-24/h1-10,15-16,27-28H,11-14H2. The van der Waals surface area contributed by atoms with Crippen molar-refractivity contribution in [2.75, 3.05) is 35.9 Å². The fraction of sp³-hybridized carbons (Fsp3) is 0.154. The molecule has 0 spiro atoms. The molecule has 0 saturated heterocycles. The third-order valence-electron chi connectivity index (χ3n) is 6.06. The zero-order chi connectivity index (χ0) is 26.3. The second kappa shape index (κ2) is 9.30. The molecule has 4 aromatic rings. The summed E-state index contributed by atoms with van der Waals surface area (Å²) in [6.07, 6.45) is 0. The Balaban J connectivity index is 1.32. The van der Waals surface area contributed by atoms with Gasteiger partial charge in [0.1, 0.15) is 26.4 Å². The smallest absolute Gasteiger partial charge is 0.262 e. The van der Waals surface area contributed by atoms with Crippen molar-refractivity contribution in [1.82, 2.24) is 0 Å². The van der Waals surface area contributed by atoms with E-state index in [1.165, 1.54) is 36.4 Å². The molecule has 38 heavy (non-hydrogen) atoms. The third kappa shape index (κ3) is 4.52. The van der Waals surface area contributed by atoms with E-state index < -0.39 is 20.0 Å². The third-order valence-corrected chi connectivity index (χ3v) is 8.79. The molecule has 0 amide bonds. The van der Waals surface area contributed by atoms with E-state index in [1.54, 1.807) is 36.4 Å². The Labute approximate surface area is 219 Å². The van der Waals surface area contributed by atoms with Gasteiger partial charge in [0, 0.05) is 22.9 Å². The van der Waals surface area contributed by atoms with Crippen molar-refractivity contribution in [3.05, 3.63) is 72.8 Å². The molecule has 0 saturated carbocycles. The fourth-order valence-corrected chi connectivity index (χ4v) is 6.46. The summed E-state index contributed by atoms with van der Waals surface area (Å²) in [6, 6.07) is 18.7. The van der Waals surface area contributed by atoms with Gasteiger partial charge in [0.2, 0.25) is 0 Å². The predicted octanol–water partition coefficient (Wildman–Crippen LogP) is 3.98. The number of fused-ring (bicyclic) bond motifs is 3. The zero-order valence-electron chi connectivity index (χ0n) is 19.8. The van der Waals surface area contributed by atoms with Gasteiger partial charge in [-0.1, -0.05) is 24.3 Å². The molecule has 2 aliphatic heterocycles. The maximum atomic E-state index is 13.2. The molecule has 0 bridgehead atoms. The summed E-state index contributed by atoms with van der Waals surface area (Å²) < 4.78 is 80.0. The van der Waals surface area contributed by atoms with Gasteiger partial charge >= 0.3 is 0 Å². The van der Waals surface area contributed by atoms with Crippen LogP contribution >= 0.6 is 0 Å². The maximum absolute atomic E-state index is 13.2. The molecule has 10 nitrogen and oxygen atoms in total. The number of hydrogen-bond donors (Lipinski definition) is 2. The molecule has 6 rings (SSSR count). The molecule has 0 aromatic heterocycles. The molecule has 2 heterocycles. The summed E-state index contributed by atoms with van der Waals surface area (Å²) in [4.78, 5) is 0.0171. The lowest BCUT2D eigenvalue weighted by molar-refractivity contribution is 0.171. The number of benzene rings is 4. The van der Waals surface area contributed by atoms with Crippen LogP contribution in [-0.2, 0) is 20.0 Å². The van der Waals surface area contributed by atoms with E-state index in [0.717, 1.165) is 0 Å². The highest BCUT2D eigenvalue weighted by atomic mass is 32.2. The van der Waals surface area contributed by atoms with Gasteiger partial charge in [-0.3, -0.25) is 9.44 Å². The van der Waals surface area contributed by atoms with Crippen LogP contribution in [-0.4, -0.2) is 43.3 Å². The molecule has 0 fully saturated rings. The van der Waals surface area contributed by atoms with Gasteiger partial charge in [0.25, 0.3) is 20.0 Å². The molecule has 0 radical (unpaired) electrons. The lowest BCUT2D eigenvalue weighted by atomic mass is 10.1. The summed E-state index contributed by atoms with van der Waals surface area (Å²) in [5, 5.41) is 1.02. The Kier molecular flexibility index (Phi) is 5.92. The molecule has 2 N–H and O–H groups in total. The Hall–Kier alpha value is -4.16. The van der Waals surface area contributed by atoms with Crippen LogP contribution in [0.3, 0.4) is 0 Å².